The fourth-order valence-electron chi connectivity index (χ4n) is 1.81. The van der Waals surface area contributed by atoms with Crippen LogP contribution < -0.4 is 10.5 Å². The quantitative estimate of drug-likeness (QED) is 0.889. The normalized spacial score (nSPS) is 11.9. The van der Waals surface area contributed by atoms with Crippen molar-refractivity contribution in [3.63, 3.8) is 0 Å². The Balaban J connectivity index is 2.20. The zero-order chi connectivity index (χ0) is 14.0. The fourth-order valence-corrected chi connectivity index (χ4v) is 5.43. The van der Waals surface area contributed by atoms with Crippen molar-refractivity contribution in [3.8, 4) is 0 Å². The first-order valence-electron chi connectivity index (χ1n) is 5.76. The molecule has 4 nitrogen and oxygen atoms in total. The Hall–Kier alpha value is -0.730. The van der Waals surface area contributed by atoms with E-state index < -0.39 is 10.0 Å². The molecule has 19 heavy (non-hydrogen) atoms. The Labute approximate surface area is 121 Å². The highest BCUT2D eigenvalue weighted by molar-refractivity contribution is 7.89. The summed E-state index contributed by atoms with van der Waals surface area (Å²) in [5, 5.41) is 1.83. The molecule has 0 saturated carbocycles. The summed E-state index contributed by atoms with van der Waals surface area (Å²) < 4.78 is 27.3. The van der Waals surface area contributed by atoms with Crippen molar-refractivity contribution >= 4 is 32.7 Å². The van der Waals surface area contributed by atoms with Crippen LogP contribution in [0, 0.1) is 13.8 Å². The number of rotatable bonds is 5. The van der Waals surface area contributed by atoms with E-state index in [1.54, 1.807) is 18.3 Å². The maximum absolute atomic E-state index is 12.3. The third-order valence-electron chi connectivity index (χ3n) is 2.68. The van der Waals surface area contributed by atoms with E-state index in [2.05, 4.69) is 4.72 Å². The van der Waals surface area contributed by atoms with Crippen LogP contribution in [0.3, 0.4) is 0 Å². The number of sulfonamides is 1. The molecule has 0 atom stereocenters. The Morgan fingerprint density at radius 2 is 2.05 bits per heavy atom. The Kier molecular flexibility index (Phi) is 4.42. The molecule has 104 valence electrons. The van der Waals surface area contributed by atoms with Crippen molar-refractivity contribution in [2.24, 2.45) is 5.73 Å². The largest absolute Gasteiger partial charge is 0.326 e. The second kappa shape index (κ2) is 5.72. The summed E-state index contributed by atoms with van der Waals surface area (Å²) in [7, 11) is -3.49. The van der Waals surface area contributed by atoms with Gasteiger partial charge in [0.2, 0.25) is 10.0 Å². The van der Waals surface area contributed by atoms with Crippen LogP contribution >= 0.6 is 22.7 Å². The van der Waals surface area contributed by atoms with E-state index in [1.165, 1.54) is 16.2 Å². The smallest absolute Gasteiger partial charge is 0.242 e. The molecule has 2 aromatic heterocycles. The van der Waals surface area contributed by atoms with Gasteiger partial charge in [-0.25, -0.2) is 13.1 Å². The molecule has 0 aliphatic carbocycles. The molecule has 0 amide bonds. The molecule has 0 aliphatic heterocycles. The van der Waals surface area contributed by atoms with E-state index in [0.717, 1.165) is 10.4 Å². The topological polar surface area (TPSA) is 72.2 Å². The van der Waals surface area contributed by atoms with Crippen molar-refractivity contribution < 1.29 is 8.42 Å². The number of nitrogens with one attached hydrogen (secondary N) is 1. The minimum atomic E-state index is -3.49. The van der Waals surface area contributed by atoms with Crippen LogP contribution in [0.4, 0.5) is 0 Å². The lowest BCUT2D eigenvalue weighted by Gasteiger charge is -2.07. The van der Waals surface area contributed by atoms with Crippen LogP contribution in [0.25, 0.3) is 0 Å². The van der Waals surface area contributed by atoms with Crippen LogP contribution in [-0.2, 0) is 23.1 Å². The van der Waals surface area contributed by atoms with Gasteiger partial charge >= 0.3 is 0 Å². The number of hydrogen-bond acceptors (Lipinski definition) is 5. The van der Waals surface area contributed by atoms with Crippen molar-refractivity contribution in [3.05, 3.63) is 37.7 Å². The molecule has 0 aliphatic rings. The molecule has 0 aromatic carbocycles. The molecule has 0 unspecified atom stereocenters. The molecule has 0 bridgehead atoms. The highest BCUT2D eigenvalue weighted by Gasteiger charge is 2.22. The van der Waals surface area contributed by atoms with Crippen LogP contribution in [-0.4, -0.2) is 8.42 Å². The van der Waals surface area contributed by atoms with Gasteiger partial charge in [0.25, 0.3) is 0 Å². The third-order valence-corrected chi connectivity index (χ3v) is 6.56. The Bertz CT molecular complexity index is 671. The van der Waals surface area contributed by atoms with Gasteiger partial charge in [-0.05, 0) is 36.9 Å². The number of aryl methyl sites for hydroxylation is 2. The first-order chi connectivity index (χ1) is 8.94. The second-order valence-electron chi connectivity index (χ2n) is 4.21. The molecule has 0 fully saturated rings. The first-order valence-corrected chi connectivity index (χ1v) is 8.94. The second-order valence-corrected chi connectivity index (χ2v) is 8.25. The lowest BCUT2D eigenvalue weighted by molar-refractivity contribution is 0.580. The minimum Gasteiger partial charge on any atom is -0.326 e. The molecule has 2 rings (SSSR count). The molecule has 2 aromatic rings. The van der Waals surface area contributed by atoms with Gasteiger partial charge in [-0.1, -0.05) is 0 Å². The summed E-state index contributed by atoms with van der Waals surface area (Å²) in [4.78, 5) is 3.22. The minimum absolute atomic E-state index is 0.243. The standard InChI is InChI=1S/C12H16N2O2S3/c1-8-7-17-11(5-13)12(8)19(15,16)14-6-10-4-3-9(2)18-10/h3-4,7,14H,5-6,13H2,1-2H3. The van der Waals surface area contributed by atoms with Crippen molar-refractivity contribution in [1.29, 1.82) is 0 Å². The van der Waals surface area contributed by atoms with Gasteiger partial charge in [0.1, 0.15) is 4.90 Å². The monoisotopic (exact) mass is 316 g/mol. The lowest BCUT2D eigenvalue weighted by Crippen LogP contribution is -2.24. The summed E-state index contributed by atoms with van der Waals surface area (Å²) in [5.74, 6) is 0. The van der Waals surface area contributed by atoms with Crippen molar-refractivity contribution in [2.45, 2.75) is 31.8 Å². The summed E-state index contributed by atoms with van der Waals surface area (Å²) >= 11 is 2.98. The maximum Gasteiger partial charge on any atom is 0.242 e. The van der Waals surface area contributed by atoms with Gasteiger partial charge in [0.15, 0.2) is 0 Å². The molecular weight excluding hydrogens is 300 g/mol. The van der Waals surface area contributed by atoms with E-state index in [0.29, 0.717) is 16.3 Å². The summed E-state index contributed by atoms with van der Waals surface area (Å²) in [6, 6.07) is 3.92. The predicted octanol–water partition coefficient (Wildman–Crippen LogP) is 2.36. The van der Waals surface area contributed by atoms with E-state index in [4.69, 9.17) is 5.73 Å². The van der Waals surface area contributed by atoms with E-state index in [1.807, 2.05) is 24.4 Å². The van der Waals surface area contributed by atoms with Gasteiger partial charge in [-0.3, -0.25) is 0 Å². The van der Waals surface area contributed by atoms with E-state index >= 15 is 0 Å². The van der Waals surface area contributed by atoms with Gasteiger partial charge in [-0.2, -0.15) is 0 Å². The van der Waals surface area contributed by atoms with E-state index in [9.17, 15) is 8.42 Å². The average Bonchev–Trinajstić information content (AvgIpc) is 2.93. The molecular formula is C12H16N2O2S3. The van der Waals surface area contributed by atoms with Crippen molar-refractivity contribution in [1.82, 2.24) is 4.72 Å². The molecule has 0 saturated heterocycles. The number of thiophene rings is 2. The molecule has 7 heteroatoms. The summed E-state index contributed by atoms with van der Waals surface area (Å²) in [6.45, 7) is 4.35. The van der Waals surface area contributed by atoms with Crippen LogP contribution in [0.1, 0.15) is 20.2 Å². The first kappa shape index (κ1) is 14.7. The highest BCUT2D eigenvalue weighted by atomic mass is 32.2. The fraction of sp³-hybridized carbons (Fsp3) is 0.333. The molecule has 0 spiro atoms. The predicted molar refractivity (Wildman–Crippen MR) is 80.0 cm³/mol. The lowest BCUT2D eigenvalue weighted by atomic mass is 10.3. The number of hydrogen-bond donors (Lipinski definition) is 2. The zero-order valence-corrected chi connectivity index (χ0v) is 13.2. The Morgan fingerprint density at radius 1 is 1.32 bits per heavy atom. The van der Waals surface area contributed by atoms with Gasteiger partial charge in [0, 0.05) is 27.7 Å². The number of nitrogens with two attached hydrogens (primary N) is 1. The highest BCUT2D eigenvalue weighted by Crippen LogP contribution is 2.26. The van der Waals surface area contributed by atoms with E-state index in [-0.39, 0.29) is 6.54 Å². The van der Waals surface area contributed by atoms with Crippen LogP contribution in [0.2, 0.25) is 0 Å². The molecule has 3 N–H and O–H groups in total. The Morgan fingerprint density at radius 3 is 2.63 bits per heavy atom. The van der Waals surface area contributed by atoms with Crippen LogP contribution in [0.5, 0.6) is 0 Å². The van der Waals surface area contributed by atoms with Gasteiger partial charge in [-0.15, -0.1) is 22.7 Å². The van der Waals surface area contributed by atoms with Gasteiger partial charge < -0.3 is 5.73 Å². The zero-order valence-electron chi connectivity index (χ0n) is 10.8. The SMILES string of the molecule is Cc1ccc(CNS(=O)(=O)c2c(C)csc2CN)s1. The molecule has 0 radical (unpaired) electrons. The average molecular weight is 316 g/mol. The molecule has 2 heterocycles. The summed E-state index contributed by atoms with van der Waals surface area (Å²) in [6.07, 6.45) is 0. The summed E-state index contributed by atoms with van der Waals surface area (Å²) in [5.41, 5.74) is 6.34. The third kappa shape index (κ3) is 3.24. The van der Waals surface area contributed by atoms with Crippen LogP contribution in [0.15, 0.2) is 22.4 Å². The van der Waals surface area contributed by atoms with Crippen molar-refractivity contribution in [2.75, 3.05) is 0 Å². The maximum atomic E-state index is 12.3. The van der Waals surface area contributed by atoms with Gasteiger partial charge in [0.05, 0.1) is 0 Å².